The Hall–Kier alpha value is -1.64. The first kappa shape index (κ1) is 27.4. The fourth-order valence-corrected chi connectivity index (χ4v) is 6.30. The summed E-state index contributed by atoms with van der Waals surface area (Å²) in [6.45, 7) is 10.9. The summed E-state index contributed by atoms with van der Waals surface area (Å²) >= 11 is 7.97. The average Bonchev–Trinajstić information content (AvgIpc) is 2.79. The zero-order valence-corrected chi connectivity index (χ0v) is 23.7. The van der Waals surface area contributed by atoms with E-state index in [0.29, 0.717) is 24.5 Å². The number of nitrogens with zero attached hydrogens (tertiary/aromatic N) is 1. The highest BCUT2D eigenvalue weighted by atomic mass is 35.5. The van der Waals surface area contributed by atoms with Crippen LogP contribution in [0.15, 0.2) is 18.2 Å². The molecule has 2 saturated heterocycles. The maximum Gasteiger partial charge on any atom is 0.408 e. The molecule has 0 aliphatic carbocycles. The molecular weight excluding hydrogens is 500 g/mol. The Kier molecular flexibility index (Phi) is 8.08. The predicted molar refractivity (Wildman–Crippen MR) is 143 cm³/mol. The maximum absolute atomic E-state index is 13.6. The number of hydrogen-bond donors (Lipinski definition) is 1. The fraction of sp³-hybridized carbons (Fsp3) is 0.704. The summed E-state index contributed by atoms with van der Waals surface area (Å²) in [5.74, 6) is 1.91. The number of likely N-dealkylation sites (tertiary alicyclic amines) is 1. The van der Waals surface area contributed by atoms with Crippen LogP contribution in [0.5, 0.6) is 5.75 Å². The molecule has 7 nitrogen and oxygen atoms in total. The van der Waals surface area contributed by atoms with Gasteiger partial charge in [0, 0.05) is 35.5 Å². The molecule has 5 atom stereocenters. The van der Waals surface area contributed by atoms with Crippen molar-refractivity contribution in [2.24, 2.45) is 11.8 Å². The van der Waals surface area contributed by atoms with Gasteiger partial charge in [-0.25, -0.2) is 4.79 Å². The van der Waals surface area contributed by atoms with Gasteiger partial charge in [-0.2, -0.15) is 11.8 Å². The third-order valence-electron chi connectivity index (χ3n) is 7.36. The number of alkyl carbamates (subject to hydrolysis) is 1. The second kappa shape index (κ2) is 10.6. The van der Waals surface area contributed by atoms with E-state index < -0.39 is 23.3 Å². The zero-order valence-electron chi connectivity index (χ0n) is 22.1. The second-order valence-electron chi connectivity index (χ2n) is 11.6. The number of rotatable bonds is 5. The number of nitrogens with one attached hydrogen (secondary N) is 1. The molecule has 36 heavy (non-hydrogen) atoms. The van der Waals surface area contributed by atoms with Crippen LogP contribution in [-0.4, -0.2) is 65.3 Å². The quantitative estimate of drug-likeness (QED) is 0.537. The molecule has 1 aromatic rings. The smallest absolute Gasteiger partial charge is 0.408 e. The molecule has 0 spiro atoms. The zero-order chi connectivity index (χ0) is 26.3. The summed E-state index contributed by atoms with van der Waals surface area (Å²) in [4.78, 5) is 27.9. The Labute approximate surface area is 223 Å². The van der Waals surface area contributed by atoms with Gasteiger partial charge in [0.15, 0.2) is 0 Å². The first-order valence-corrected chi connectivity index (χ1v) is 14.6. The van der Waals surface area contributed by atoms with Crippen molar-refractivity contribution in [3.63, 3.8) is 0 Å². The van der Waals surface area contributed by atoms with Gasteiger partial charge in [-0.1, -0.05) is 11.6 Å². The summed E-state index contributed by atoms with van der Waals surface area (Å²) in [7, 11) is 0. The number of carbonyl (C=O) groups is 2. The van der Waals surface area contributed by atoms with Crippen molar-refractivity contribution in [3.05, 3.63) is 28.8 Å². The molecule has 0 unspecified atom stereocenters. The van der Waals surface area contributed by atoms with Crippen LogP contribution in [0.2, 0.25) is 5.02 Å². The number of halogens is 1. The van der Waals surface area contributed by atoms with Gasteiger partial charge in [-0.15, -0.1) is 0 Å². The lowest BCUT2D eigenvalue weighted by molar-refractivity contribution is -0.189. The van der Waals surface area contributed by atoms with Gasteiger partial charge in [0.05, 0.1) is 12.2 Å². The van der Waals surface area contributed by atoms with Crippen LogP contribution in [0, 0.1) is 11.8 Å². The second-order valence-corrected chi connectivity index (χ2v) is 13.1. The number of carbonyl (C=O) groups excluding carboxylic acids is 2. The molecule has 3 heterocycles. The van der Waals surface area contributed by atoms with Gasteiger partial charge in [0.1, 0.15) is 23.0 Å². The Balaban J connectivity index is 1.47. The largest absolute Gasteiger partial charge is 0.487 e. The summed E-state index contributed by atoms with van der Waals surface area (Å²) in [6, 6.07) is 5.13. The number of benzene rings is 1. The van der Waals surface area contributed by atoms with Crippen LogP contribution < -0.4 is 10.1 Å². The number of fused-ring (bicyclic) bond motifs is 4. The van der Waals surface area contributed by atoms with Crippen LogP contribution in [0.4, 0.5) is 4.79 Å². The Morgan fingerprint density at radius 1 is 1.33 bits per heavy atom. The van der Waals surface area contributed by atoms with Crippen LogP contribution in [0.25, 0.3) is 0 Å². The van der Waals surface area contributed by atoms with Crippen molar-refractivity contribution >= 4 is 35.4 Å². The van der Waals surface area contributed by atoms with E-state index in [1.54, 1.807) is 11.8 Å². The minimum Gasteiger partial charge on any atom is -0.487 e. The molecule has 9 heteroatoms. The fourth-order valence-electron chi connectivity index (χ4n) is 5.64. The lowest BCUT2D eigenvalue weighted by atomic mass is 9.70. The van der Waals surface area contributed by atoms with Gasteiger partial charge >= 0.3 is 6.09 Å². The standard InChI is InChI=1S/C27H39ClN2O5S/c1-26(2,3)35-25(32)29-20(10-12-36-6)24(31)30-11-9-21-16(15-30)13-19-23(33-21)18-14-17(28)7-8-22(18)34-27(19,4)5/h7-8,14,16,19-21,23H,9-13,15H2,1-6H3,(H,29,32)/t16-,19+,20-,21+,23-/m0/s1. The molecule has 2 amide bonds. The first-order chi connectivity index (χ1) is 16.9. The normalized spacial score (nSPS) is 27.6. The molecule has 1 aromatic carbocycles. The van der Waals surface area contributed by atoms with Gasteiger partial charge in [-0.05, 0) is 84.1 Å². The van der Waals surface area contributed by atoms with Crippen molar-refractivity contribution < 1.29 is 23.8 Å². The predicted octanol–water partition coefficient (Wildman–Crippen LogP) is 5.45. The van der Waals surface area contributed by atoms with E-state index in [2.05, 4.69) is 19.2 Å². The van der Waals surface area contributed by atoms with E-state index in [0.717, 1.165) is 29.9 Å². The molecule has 0 aromatic heterocycles. The first-order valence-electron chi connectivity index (χ1n) is 12.8. The molecule has 0 saturated carbocycles. The van der Waals surface area contributed by atoms with Gasteiger partial charge in [-0.3, -0.25) is 4.79 Å². The SMILES string of the molecule is CSCC[C@H](NC(=O)OC(C)(C)C)C(=O)N1CC[C@H]2O[C@H]3c4cc(Cl)ccc4OC(C)(C)[C@@H]3C[C@H]2C1. The van der Waals surface area contributed by atoms with E-state index in [4.69, 9.17) is 25.8 Å². The van der Waals surface area contributed by atoms with E-state index in [9.17, 15) is 9.59 Å². The molecule has 0 radical (unpaired) electrons. The molecular formula is C27H39ClN2O5S. The summed E-state index contributed by atoms with van der Waals surface area (Å²) in [5, 5.41) is 3.50. The summed E-state index contributed by atoms with van der Waals surface area (Å²) < 4.78 is 18.5. The molecule has 3 aliphatic rings. The van der Waals surface area contributed by atoms with E-state index in [1.165, 1.54) is 0 Å². The van der Waals surface area contributed by atoms with E-state index in [-0.39, 0.29) is 30.0 Å². The molecule has 0 bridgehead atoms. The lowest BCUT2D eigenvalue weighted by Gasteiger charge is -2.53. The van der Waals surface area contributed by atoms with Gasteiger partial charge in [0.25, 0.3) is 0 Å². The minimum atomic E-state index is -0.622. The number of amides is 2. The van der Waals surface area contributed by atoms with Crippen LogP contribution in [0.1, 0.15) is 65.5 Å². The molecule has 200 valence electrons. The lowest BCUT2D eigenvalue weighted by Crippen LogP contribution is -2.58. The van der Waals surface area contributed by atoms with Crippen molar-refractivity contribution in [1.82, 2.24) is 10.2 Å². The van der Waals surface area contributed by atoms with E-state index in [1.807, 2.05) is 50.1 Å². The van der Waals surface area contributed by atoms with Crippen molar-refractivity contribution in [2.75, 3.05) is 25.1 Å². The topological polar surface area (TPSA) is 77.1 Å². The Morgan fingerprint density at radius 3 is 2.78 bits per heavy atom. The Bertz CT molecular complexity index is 981. The van der Waals surface area contributed by atoms with Crippen LogP contribution in [0.3, 0.4) is 0 Å². The monoisotopic (exact) mass is 538 g/mol. The highest BCUT2D eigenvalue weighted by molar-refractivity contribution is 7.98. The Morgan fingerprint density at radius 2 is 2.08 bits per heavy atom. The molecule has 3 aliphatic heterocycles. The average molecular weight is 539 g/mol. The third-order valence-corrected chi connectivity index (χ3v) is 8.24. The van der Waals surface area contributed by atoms with Crippen molar-refractivity contribution in [1.29, 1.82) is 0 Å². The van der Waals surface area contributed by atoms with Gasteiger partial charge in [0.2, 0.25) is 5.91 Å². The number of hydrogen-bond acceptors (Lipinski definition) is 6. The van der Waals surface area contributed by atoms with Crippen LogP contribution in [-0.2, 0) is 14.3 Å². The highest BCUT2D eigenvalue weighted by Crippen LogP contribution is 2.53. The van der Waals surface area contributed by atoms with Crippen molar-refractivity contribution in [3.8, 4) is 5.75 Å². The van der Waals surface area contributed by atoms with E-state index >= 15 is 0 Å². The molecule has 2 fully saturated rings. The molecule has 4 rings (SSSR count). The number of thioether (sulfide) groups is 1. The highest BCUT2D eigenvalue weighted by Gasteiger charge is 2.51. The summed E-state index contributed by atoms with van der Waals surface area (Å²) in [5.41, 5.74) is -0.00651. The number of piperidine rings is 1. The van der Waals surface area contributed by atoms with Gasteiger partial charge < -0.3 is 24.4 Å². The van der Waals surface area contributed by atoms with Crippen LogP contribution >= 0.6 is 23.4 Å². The van der Waals surface area contributed by atoms with Crippen molar-refractivity contribution in [2.45, 2.75) is 83.3 Å². The number of ether oxygens (including phenoxy) is 3. The third kappa shape index (κ3) is 6.08. The molecule has 1 N–H and O–H groups in total. The maximum atomic E-state index is 13.6. The minimum absolute atomic E-state index is 0.0493. The summed E-state index contributed by atoms with van der Waals surface area (Å²) in [6.07, 6.45) is 3.65.